The van der Waals surface area contributed by atoms with Crippen LogP contribution in [0, 0.1) is 0 Å². The molecule has 2 aliphatic rings. The molecule has 1 atom stereocenters. The Labute approximate surface area is 114 Å². The molecule has 1 aromatic carbocycles. The smallest absolute Gasteiger partial charge is 0.221 e. The van der Waals surface area contributed by atoms with E-state index < -0.39 is 0 Å². The average Bonchev–Trinajstić information content (AvgIpc) is 3.08. The zero-order valence-electron chi connectivity index (χ0n) is 11.2. The molecule has 2 saturated heterocycles. The van der Waals surface area contributed by atoms with Crippen molar-refractivity contribution < 1.29 is 4.79 Å². The molecular weight excluding hydrogens is 238 g/mol. The first kappa shape index (κ1) is 12.5. The van der Waals surface area contributed by atoms with Crippen LogP contribution in [0.4, 0.5) is 5.69 Å². The van der Waals surface area contributed by atoms with Crippen molar-refractivity contribution in [2.75, 3.05) is 24.5 Å². The van der Waals surface area contributed by atoms with E-state index in [1.165, 1.54) is 37.2 Å². The van der Waals surface area contributed by atoms with Gasteiger partial charge in [-0.25, -0.2) is 0 Å². The number of hydrogen-bond donors (Lipinski definition) is 2. The summed E-state index contributed by atoms with van der Waals surface area (Å²) < 4.78 is 0. The van der Waals surface area contributed by atoms with Crippen LogP contribution >= 0.6 is 0 Å². The highest BCUT2D eigenvalue weighted by Gasteiger charge is 2.20. The quantitative estimate of drug-likeness (QED) is 0.856. The van der Waals surface area contributed by atoms with Crippen LogP contribution in [0.3, 0.4) is 0 Å². The third-order valence-electron chi connectivity index (χ3n) is 3.98. The molecule has 1 amide bonds. The van der Waals surface area contributed by atoms with Gasteiger partial charge in [0.15, 0.2) is 0 Å². The summed E-state index contributed by atoms with van der Waals surface area (Å²) in [6.07, 6.45) is 3.23. The van der Waals surface area contributed by atoms with Gasteiger partial charge in [-0.05, 0) is 30.5 Å². The van der Waals surface area contributed by atoms with Crippen LogP contribution in [-0.4, -0.2) is 31.6 Å². The van der Waals surface area contributed by atoms with Crippen molar-refractivity contribution in [2.24, 2.45) is 0 Å². The minimum atomic E-state index is 0.155. The largest absolute Gasteiger partial charge is 0.372 e. The molecule has 1 aromatic rings. The molecule has 0 bridgehead atoms. The molecule has 1 unspecified atom stereocenters. The summed E-state index contributed by atoms with van der Waals surface area (Å²) in [5.41, 5.74) is 2.61. The van der Waals surface area contributed by atoms with Gasteiger partial charge in [-0.3, -0.25) is 4.79 Å². The standard InChI is InChI=1S/C15H21N3O/c19-15-9-13(11-17-15)16-10-12-3-5-14(6-4-12)18-7-1-2-8-18/h3-6,13,16H,1-2,7-11H2,(H,17,19). The van der Waals surface area contributed by atoms with E-state index in [9.17, 15) is 4.79 Å². The van der Waals surface area contributed by atoms with Gasteiger partial charge in [0.05, 0.1) is 0 Å². The zero-order chi connectivity index (χ0) is 13.1. The number of nitrogens with one attached hydrogen (secondary N) is 2. The van der Waals surface area contributed by atoms with Crippen LogP contribution in [0.25, 0.3) is 0 Å². The molecule has 4 nitrogen and oxygen atoms in total. The predicted octanol–water partition coefficient (Wildman–Crippen LogP) is 1.26. The van der Waals surface area contributed by atoms with Crippen molar-refractivity contribution in [3.8, 4) is 0 Å². The van der Waals surface area contributed by atoms with Crippen LogP contribution in [0.15, 0.2) is 24.3 Å². The van der Waals surface area contributed by atoms with E-state index in [4.69, 9.17) is 0 Å². The van der Waals surface area contributed by atoms with E-state index in [-0.39, 0.29) is 11.9 Å². The molecule has 2 aliphatic heterocycles. The summed E-state index contributed by atoms with van der Waals surface area (Å²) in [6.45, 7) is 3.96. The van der Waals surface area contributed by atoms with E-state index in [1.54, 1.807) is 0 Å². The highest BCUT2D eigenvalue weighted by molar-refractivity contribution is 5.78. The Morgan fingerprint density at radius 3 is 2.58 bits per heavy atom. The Morgan fingerprint density at radius 2 is 1.95 bits per heavy atom. The maximum atomic E-state index is 11.1. The van der Waals surface area contributed by atoms with Crippen LogP contribution in [0.5, 0.6) is 0 Å². The lowest BCUT2D eigenvalue weighted by Crippen LogP contribution is -2.30. The first-order valence-electron chi connectivity index (χ1n) is 7.15. The molecule has 102 valence electrons. The van der Waals surface area contributed by atoms with Gasteiger partial charge in [0.1, 0.15) is 0 Å². The SMILES string of the molecule is O=C1CC(NCc2ccc(N3CCCC3)cc2)CN1. The first-order valence-corrected chi connectivity index (χ1v) is 7.15. The Balaban J connectivity index is 1.52. The minimum absolute atomic E-state index is 0.155. The average molecular weight is 259 g/mol. The van der Waals surface area contributed by atoms with Crippen LogP contribution in [0.2, 0.25) is 0 Å². The molecule has 3 rings (SSSR count). The molecule has 2 N–H and O–H groups in total. The maximum Gasteiger partial charge on any atom is 0.221 e. The zero-order valence-corrected chi connectivity index (χ0v) is 11.2. The summed E-state index contributed by atoms with van der Waals surface area (Å²) in [4.78, 5) is 13.5. The van der Waals surface area contributed by atoms with Gasteiger partial charge in [0, 0.05) is 44.3 Å². The number of carbonyl (C=O) groups excluding carboxylic acids is 1. The Morgan fingerprint density at radius 1 is 1.21 bits per heavy atom. The van der Waals surface area contributed by atoms with Gasteiger partial charge in [0.25, 0.3) is 0 Å². The van der Waals surface area contributed by atoms with Gasteiger partial charge in [-0.2, -0.15) is 0 Å². The fraction of sp³-hybridized carbons (Fsp3) is 0.533. The van der Waals surface area contributed by atoms with Crippen molar-refractivity contribution in [1.29, 1.82) is 0 Å². The number of anilines is 1. The van der Waals surface area contributed by atoms with Crippen molar-refractivity contribution >= 4 is 11.6 Å². The van der Waals surface area contributed by atoms with Crippen molar-refractivity contribution in [2.45, 2.75) is 31.8 Å². The molecule has 19 heavy (non-hydrogen) atoms. The lowest BCUT2D eigenvalue weighted by atomic mass is 10.1. The summed E-state index contributed by atoms with van der Waals surface area (Å²) >= 11 is 0. The van der Waals surface area contributed by atoms with Gasteiger partial charge in [-0.15, -0.1) is 0 Å². The van der Waals surface area contributed by atoms with Crippen LogP contribution < -0.4 is 15.5 Å². The molecule has 0 radical (unpaired) electrons. The van der Waals surface area contributed by atoms with E-state index in [0.29, 0.717) is 6.42 Å². The Hall–Kier alpha value is -1.55. The molecule has 2 heterocycles. The lowest BCUT2D eigenvalue weighted by molar-refractivity contribution is -0.119. The number of nitrogens with zero attached hydrogens (tertiary/aromatic N) is 1. The molecule has 0 aromatic heterocycles. The number of amides is 1. The number of carbonyl (C=O) groups is 1. The topological polar surface area (TPSA) is 44.4 Å². The molecule has 0 spiro atoms. The predicted molar refractivity (Wildman–Crippen MR) is 76.1 cm³/mol. The number of benzene rings is 1. The number of hydrogen-bond acceptors (Lipinski definition) is 3. The monoisotopic (exact) mass is 259 g/mol. The van der Waals surface area contributed by atoms with Gasteiger partial charge in [-0.1, -0.05) is 12.1 Å². The van der Waals surface area contributed by atoms with E-state index >= 15 is 0 Å². The van der Waals surface area contributed by atoms with E-state index in [0.717, 1.165) is 13.1 Å². The van der Waals surface area contributed by atoms with Gasteiger partial charge >= 0.3 is 0 Å². The van der Waals surface area contributed by atoms with Crippen molar-refractivity contribution in [3.05, 3.63) is 29.8 Å². The molecule has 0 aliphatic carbocycles. The minimum Gasteiger partial charge on any atom is -0.372 e. The molecular formula is C15H21N3O. The van der Waals surface area contributed by atoms with E-state index in [2.05, 4.69) is 39.8 Å². The fourth-order valence-corrected chi connectivity index (χ4v) is 2.81. The van der Waals surface area contributed by atoms with Gasteiger partial charge in [0.2, 0.25) is 5.91 Å². The summed E-state index contributed by atoms with van der Waals surface area (Å²) in [5, 5.41) is 6.26. The second-order valence-electron chi connectivity index (χ2n) is 5.45. The second-order valence-corrected chi connectivity index (χ2v) is 5.45. The molecule has 0 saturated carbocycles. The Bertz CT molecular complexity index is 437. The molecule has 2 fully saturated rings. The fourth-order valence-electron chi connectivity index (χ4n) is 2.81. The van der Waals surface area contributed by atoms with Gasteiger partial charge < -0.3 is 15.5 Å². The van der Waals surface area contributed by atoms with Crippen molar-refractivity contribution in [3.63, 3.8) is 0 Å². The maximum absolute atomic E-state index is 11.1. The van der Waals surface area contributed by atoms with Crippen molar-refractivity contribution in [1.82, 2.24) is 10.6 Å². The summed E-state index contributed by atoms with van der Waals surface area (Å²) in [7, 11) is 0. The summed E-state index contributed by atoms with van der Waals surface area (Å²) in [5.74, 6) is 0.155. The third-order valence-corrected chi connectivity index (χ3v) is 3.98. The normalized spacial score (nSPS) is 22.8. The molecule has 4 heteroatoms. The number of rotatable bonds is 4. The lowest BCUT2D eigenvalue weighted by Gasteiger charge is -2.18. The first-order chi connectivity index (χ1) is 9.31. The van der Waals surface area contributed by atoms with E-state index in [1.807, 2.05) is 0 Å². The summed E-state index contributed by atoms with van der Waals surface area (Å²) in [6, 6.07) is 9.07. The Kier molecular flexibility index (Phi) is 3.69. The highest BCUT2D eigenvalue weighted by Crippen LogP contribution is 2.20. The van der Waals surface area contributed by atoms with Crippen LogP contribution in [-0.2, 0) is 11.3 Å². The third kappa shape index (κ3) is 3.07. The van der Waals surface area contributed by atoms with Crippen LogP contribution in [0.1, 0.15) is 24.8 Å². The second kappa shape index (κ2) is 5.61. The highest BCUT2D eigenvalue weighted by atomic mass is 16.1.